The minimum Gasteiger partial charge on any atom is -0.466 e. The Balaban J connectivity index is 0.00000529. The fraction of sp³-hybridized carbons (Fsp3) is 0.333. The van der Waals surface area contributed by atoms with Crippen LogP contribution in [0.3, 0.4) is 0 Å². The lowest BCUT2D eigenvalue weighted by molar-refractivity contribution is -0.143. The van der Waals surface area contributed by atoms with E-state index in [9.17, 15) is 18.3 Å². The molecule has 0 amide bonds. The summed E-state index contributed by atoms with van der Waals surface area (Å²) in [6, 6.07) is 23.0. The maximum absolute atomic E-state index is 12.7. The van der Waals surface area contributed by atoms with Gasteiger partial charge in [0, 0.05) is 42.5 Å². The summed E-state index contributed by atoms with van der Waals surface area (Å²) in [7, 11) is -3.72. The van der Waals surface area contributed by atoms with E-state index in [1.807, 2.05) is 35.3 Å². The van der Waals surface area contributed by atoms with Crippen LogP contribution in [-0.2, 0) is 32.5 Å². The molecular formula is C33H41ClN4O5S. The number of β-amino-alcohol motifs (C(OH)–C–C–N with tert-alkyl or cyclic N) is 1. The molecule has 44 heavy (non-hydrogen) atoms. The number of esters is 1. The van der Waals surface area contributed by atoms with Crippen LogP contribution in [0, 0.1) is 0 Å². The summed E-state index contributed by atoms with van der Waals surface area (Å²) in [6.45, 7) is 7.37. The van der Waals surface area contributed by atoms with Gasteiger partial charge in [0.05, 0.1) is 29.6 Å². The lowest BCUT2D eigenvalue weighted by Crippen LogP contribution is -2.42. The van der Waals surface area contributed by atoms with Gasteiger partial charge >= 0.3 is 5.97 Å². The summed E-state index contributed by atoms with van der Waals surface area (Å²) in [5.41, 5.74) is 3.63. The first-order valence-electron chi connectivity index (χ1n) is 14.4. The first kappa shape index (κ1) is 34.8. The molecule has 0 saturated heterocycles. The molecule has 1 aromatic heterocycles. The first-order chi connectivity index (χ1) is 20.5. The highest BCUT2D eigenvalue weighted by Gasteiger charge is 2.20. The van der Waals surface area contributed by atoms with Crippen molar-refractivity contribution in [3.05, 3.63) is 103 Å². The van der Waals surface area contributed by atoms with E-state index in [1.165, 1.54) is 12.1 Å². The number of anilines is 1. The van der Waals surface area contributed by atoms with E-state index in [2.05, 4.69) is 34.9 Å². The predicted molar refractivity (Wildman–Crippen MR) is 175 cm³/mol. The number of carbonyl (C=O) groups is 1. The molecule has 0 aliphatic rings. The normalized spacial score (nSPS) is 12.3. The van der Waals surface area contributed by atoms with Crippen molar-refractivity contribution in [1.82, 2.24) is 14.9 Å². The summed E-state index contributed by atoms with van der Waals surface area (Å²) in [5, 5.41) is 14.3. The quantitative estimate of drug-likeness (QED) is 0.141. The van der Waals surface area contributed by atoms with Crippen LogP contribution in [0.25, 0.3) is 11.3 Å². The number of ether oxygens (including phenoxy) is 1. The molecule has 4 aromatic rings. The number of benzene rings is 3. The number of aryl methyl sites for hydroxylation is 2. The number of rotatable bonds is 15. The lowest BCUT2D eigenvalue weighted by atomic mass is 9.99. The monoisotopic (exact) mass is 640 g/mol. The molecule has 11 heteroatoms. The molecule has 0 aliphatic carbocycles. The van der Waals surface area contributed by atoms with E-state index >= 15 is 0 Å². The van der Waals surface area contributed by atoms with Crippen LogP contribution in [0.2, 0.25) is 0 Å². The number of aliphatic hydroxyl groups is 1. The number of aliphatic hydroxyl groups excluding tert-OH is 1. The number of imidazole rings is 1. The van der Waals surface area contributed by atoms with Gasteiger partial charge in [-0.3, -0.25) is 9.52 Å². The van der Waals surface area contributed by atoms with Gasteiger partial charge in [0.1, 0.15) is 0 Å². The van der Waals surface area contributed by atoms with Crippen LogP contribution < -0.4 is 10.0 Å². The Morgan fingerprint density at radius 1 is 1.05 bits per heavy atom. The van der Waals surface area contributed by atoms with Gasteiger partial charge in [0.15, 0.2) is 0 Å². The Morgan fingerprint density at radius 2 is 1.80 bits per heavy atom. The average Bonchev–Trinajstić information content (AvgIpc) is 3.48. The van der Waals surface area contributed by atoms with Crippen molar-refractivity contribution in [3.8, 4) is 11.3 Å². The number of nitrogens with one attached hydrogen (secondary N) is 2. The lowest BCUT2D eigenvalue weighted by Gasteiger charge is -2.28. The minimum atomic E-state index is -3.72. The van der Waals surface area contributed by atoms with Crippen molar-refractivity contribution in [2.45, 2.75) is 63.1 Å². The van der Waals surface area contributed by atoms with Crippen LogP contribution in [0.5, 0.6) is 0 Å². The molecule has 0 aliphatic heterocycles. The SMILES string of the molecule is CCOC(=O)CCc1cccc(-c2cn(CCC(C)(C)NCC(O)c3cccc(NS(=O)(=O)c4ccccc4)c3)cn2)c1.Cl. The molecule has 0 saturated carbocycles. The van der Waals surface area contributed by atoms with Crippen LogP contribution in [-0.4, -0.2) is 47.7 Å². The Bertz CT molecular complexity index is 1610. The van der Waals surface area contributed by atoms with Crippen molar-refractivity contribution in [2.24, 2.45) is 0 Å². The highest BCUT2D eigenvalue weighted by atomic mass is 35.5. The van der Waals surface area contributed by atoms with Gasteiger partial charge in [0.2, 0.25) is 0 Å². The van der Waals surface area contributed by atoms with Crippen molar-refractivity contribution in [3.63, 3.8) is 0 Å². The van der Waals surface area contributed by atoms with Crippen molar-refractivity contribution in [1.29, 1.82) is 0 Å². The Labute approximate surface area is 266 Å². The zero-order chi connectivity index (χ0) is 30.9. The molecule has 236 valence electrons. The summed E-state index contributed by atoms with van der Waals surface area (Å²) >= 11 is 0. The number of sulfonamides is 1. The molecule has 0 bridgehead atoms. The van der Waals surface area contributed by atoms with Gasteiger partial charge in [-0.1, -0.05) is 48.5 Å². The molecule has 0 spiro atoms. The van der Waals surface area contributed by atoms with E-state index < -0.39 is 16.1 Å². The summed E-state index contributed by atoms with van der Waals surface area (Å²) < 4.78 is 35.0. The Kier molecular flexibility index (Phi) is 12.5. The molecule has 9 nitrogen and oxygen atoms in total. The van der Waals surface area contributed by atoms with E-state index in [-0.39, 0.29) is 28.8 Å². The second-order valence-electron chi connectivity index (χ2n) is 11.1. The fourth-order valence-corrected chi connectivity index (χ4v) is 5.68. The zero-order valence-electron chi connectivity index (χ0n) is 25.3. The molecule has 1 unspecified atom stereocenters. The van der Waals surface area contributed by atoms with Gasteiger partial charge < -0.3 is 19.7 Å². The van der Waals surface area contributed by atoms with Gasteiger partial charge in [0.25, 0.3) is 10.0 Å². The topological polar surface area (TPSA) is 123 Å². The maximum atomic E-state index is 12.7. The third-order valence-corrected chi connectivity index (χ3v) is 8.52. The minimum absolute atomic E-state index is 0. The number of hydrogen-bond acceptors (Lipinski definition) is 7. The third-order valence-electron chi connectivity index (χ3n) is 7.13. The fourth-order valence-electron chi connectivity index (χ4n) is 4.61. The van der Waals surface area contributed by atoms with Crippen LogP contribution in [0.4, 0.5) is 5.69 Å². The second kappa shape index (κ2) is 15.9. The predicted octanol–water partition coefficient (Wildman–Crippen LogP) is 5.76. The number of nitrogens with zero attached hydrogens (tertiary/aromatic N) is 2. The zero-order valence-corrected chi connectivity index (χ0v) is 26.9. The van der Waals surface area contributed by atoms with E-state index in [0.29, 0.717) is 37.2 Å². The van der Waals surface area contributed by atoms with E-state index in [1.54, 1.807) is 49.4 Å². The smallest absolute Gasteiger partial charge is 0.306 e. The molecule has 4 rings (SSSR count). The first-order valence-corrected chi connectivity index (χ1v) is 15.9. The van der Waals surface area contributed by atoms with Crippen LogP contribution in [0.15, 0.2) is 96.3 Å². The van der Waals surface area contributed by atoms with Crippen molar-refractivity contribution >= 4 is 34.1 Å². The van der Waals surface area contributed by atoms with E-state index in [0.717, 1.165) is 29.8 Å². The maximum Gasteiger partial charge on any atom is 0.306 e. The highest BCUT2D eigenvalue weighted by molar-refractivity contribution is 7.92. The standard InChI is InChI=1S/C33H40N4O5S.ClH/c1-4-42-32(39)17-16-25-10-8-11-26(20-25)30-23-37(24-34-30)19-18-33(2,3)35-22-31(38)27-12-9-13-28(21-27)36-43(40,41)29-14-6-5-7-15-29;/h5-15,20-21,23-24,31,35-36,38H,4,16-19,22H2,1-3H3;1H. The van der Waals surface area contributed by atoms with Gasteiger partial charge in [-0.2, -0.15) is 0 Å². The van der Waals surface area contributed by atoms with Crippen LogP contribution in [0.1, 0.15) is 50.8 Å². The van der Waals surface area contributed by atoms with Gasteiger partial charge in [-0.05, 0) is 75.1 Å². The largest absolute Gasteiger partial charge is 0.466 e. The molecule has 0 radical (unpaired) electrons. The number of aromatic nitrogens is 2. The Morgan fingerprint density at radius 3 is 2.55 bits per heavy atom. The van der Waals surface area contributed by atoms with Gasteiger partial charge in [-0.15, -0.1) is 12.4 Å². The average molecular weight is 641 g/mol. The second-order valence-corrected chi connectivity index (χ2v) is 12.8. The molecule has 1 atom stereocenters. The molecule has 3 aromatic carbocycles. The van der Waals surface area contributed by atoms with Crippen molar-refractivity contribution < 1.29 is 23.1 Å². The molecule has 1 heterocycles. The molecule has 0 fully saturated rings. The third kappa shape index (κ3) is 10.2. The number of halogens is 1. The number of carbonyl (C=O) groups excluding carboxylic acids is 1. The summed E-state index contributed by atoms with van der Waals surface area (Å²) in [6.07, 6.45) is 4.75. The van der Waals surface area contributed by atoms with Crippen LogP contribution >= 0.6 is 12.4 Å². The van der Waals surface area contributed by atoms with Crippen molar-refractivity contribution in [2.75, 3.05) is 17.9 Å². The Hall–Kier alpha value is -3.70. The molecular weight excluding hydrogens is 600 g/mol. The molecule has 3 N–H and O–H groups in total. The van der Waals surface area contributed by atoms with Gasteiger partial charge in [-0.25, -0.2) is 13.4 Å². The highest BCUT2D eigenvalue weighted by Crippen LogP contribution is 2.23. The summed E-state index contributed by atoms with van der Waals surface area (Å²) in [5.74, 6) is -0.194. The summed E-state index contributed by atoms with van der Waals surface area (Å²) in [4.78, 5) is 16.5. The number of hydrogen-bond donors (Lipinski definition) is 3. The van der Waals surface area contributed by atoms with E-state index in [4.69, 9.17) is 4.74 Å².